The maximum atomic E-state index is 6.24. The fourth-order valence-corrected chi connectivity index (χ4v) is 2.72. The third kappa shape index (κ3) is 2.21. The molecule has 0 atom stereocenters. The SMILES string of the molecule is CCCCn1ccc2cc(Br)cc(Cl)c21. The molecule has 0 N–H and O–H groups in total. The molecule has 0 saturated heterocycles. The lowest BCUT2D eigenvalue weighted by Crippen LogP contribution is -1.95. The molecular formula is C12H13BrClN. The Morgan fingerprint density at radius 1 is 1.40 bits per heavy atom. The number of rotatable bonds is 3. The van der Waals surface area contributed by atoms with Crippen molar-refractivity contribution in [3.63, 3.8) is 0 Å². The fourth-order valence-electron chi connectivity index (χ4n) is 1.78. The van der Waals surface area contributed by atoms with E-state index in [1.54, 1.807) is 0 Å². The van der Waals surface area contributed by atoms with E-state index >= 15 is 0 Å². The Hall–Kier alpha value is -0.470. The van der Waals surface area contributed by atoms with Gasteiger partial charge >= 0.3 is 0 Å². The van der Waals surface area contributed by atoms with Crippen molar-refractivity contribution in [3.05, 3.63) is 33.9 Å². The minimum atomic E-state index is 0.820. The Bertz CT molecular complexity index is 476. The summed E-state index contributed by atoms with van der Waals surface area (Å²) >= 11 is 9.69. The normalized spacial score (nSPS) is 11.1. The zero-order chi connectivity index (χ0) is 10.8. The summed E-state index contributed by atoms with van der Waals surface area (Å²) in [6.45, 7) is 3.24. The van der Waals surface area contributed by atoms with Gasteiger partial charge in [-0.25, -0.2) is 0 Å². The molecule has 0 aliphatic heterocycles. The highest BCUT2D eigenvalue weighted by Crippen LogP contribution is 2.29. The molecule has 0 spiro atoms. The van der Waals surface area contributed by atoms with Crippen molar-refractivity contribution in [3.8, 4) is 0 Å². The van der Waals surface area contributed by atoms with Crippen molar-refractivity contribution in [2.45, 2.75) is 26.3 Å². The molecule has 0 unspecified atom stereocenters. The van der Waals surface area contributed by atoms with Crippen LogP contribution in [0.1, 0.15) is 19.8 Å². The van der Waals surface area contributed by atoms with Crippen molar-refractivity contribution < 1.29 is 0 Å². The molecule has 1 heterocycles. The van der Waals surface area contributed by atoms with Crippen molar-refractivity contribution in [2.24, 2.45) is 0 Å². The van der Waals surface area contributed by atoms with Crippen LogP contribution in [0, 0.1) is 0 Å². The van der Waals surface area contributed by atoms with Gasteiger partial charge in [0.15, 0.2) is 0 Å². The van der Waals surface area contributed by atoms with Crippen LogP contribution >= 0.6 is 27.5 Å². The molecule has 3 heteroatoms. The van der Waals surface area contributed by atoms with Crippen molar-refractivity contribution in [1.29, 1.82) is 0 Å². The molecule has 0 aliphatic carbocycles. The second-order valence-corrected chi connectivity index (χ2v) is 5.01. The lowest BCUT2D eigenvalue weighted by Gasteiger charge is -2.05. The number of aryl methyl sites for hydroxylation is 1. The summed E-state index contributed by atoms with van der Waals surface area (Å²) < 4.78 is 3.27. The molecule has 80 valence electrons. The van der Waals surface area contributed by atoms with Crippen LogP contribution in [0.25, 0.3) is 10.9 Å². The fraction of sp³-hybridized carbons (Fsp3) is 0.333. The standard InChI is InChI=1S/C12H13BrClN/c1-2-3-5-15-6-4-9-7-10(13)8-11(14)12(9)15/h4,6-8H,2-3,5H2,1H3. The predicted octanol–water partition coefficient (Wildman–Crippen LogP) is 4.86. The van der Waals surface area contributed by atoms with Crippen molar-refractivity contribution in [2.75, 3.05) is 0 Å². The molecule has 2 rings (SSSR count). The summed E-state index contributed by atoms with van der Waals surface area (Å²) in [5.74, 6) is 0. The van der Waals surface area contributed by atoms with Gasteiger partial charge in [-0.05, 0) is 24.6 Å². The van der Waals surface area contributed by atoms with E-state index in [0.29, 0.717) is 0 Å². The third-order valence-electron chi connectivity index (χ3n) is 2.53. The zero-order valence-electron chi connectivity index (χ0n) is 8.63. The number of unbranched alkanes of at least 4 members (excludes halogenated alkanes) is 1. The topological polar surface area (TPSA) is 4.93 Å². The molecule has 1 aromatic carbocycles. The number of benzene rings is 1. The largest absolute Gasteiger partial charge is 0.346 e. The second kappa shape index (κ2) is 4.58. The highest BCUT2D eigenvalue weighted by atomic mass is 79.9. The highest BCUT2D eigenvalue weighted by Gasteiger charge is 2.06. The van der Waals surface area contributed by atoms with Gasteiger partial charge in [-0.15, -0.1) is 0 Å². The Morgan fingerprint density at radius 2 is 2.20 bits per heavy atom. The van der Waals surface area contributed by atoms with Crippen LogP contribution in [-0.2, 0) is 6.54 Å². The van der Waals surface area contributed by atoms with Gasteiger partial charge in [0, 0.05) is 22.6 Å². The average molecular weight is 287 g/mol. The van der Waals surface area contributed by atoms with E-state index in [9.17, 15) is 0 Å². The summed E-state index contributed by atoms with van der Waals surface area (Å²) in [4.78, 5) is 0. The molecule has 1 aromatic heterocycles. The number of fused-ring (bicyclic) bond motifs is 1. The van der Waals surface area contributed by atoms with Gasteiger partial charge in [-0.1, -0.05) is 40.9 Å². The van der Waals surface area contributed by atoms with Crippen LogP contribution < -0.4 is 0 Å². The molecule has 0 bridgehead atoms. The van der Waals surface area contributed by atoms with Crippen LogP contribution in [0.4, 0.5) is 0 Å². The van der Waals surface area contributed by atoms with Gasteiger partial charge in [0.25, 0.3) is 0 Å². The second-order valence-electron chi connectivity index (χ2n) is 3.69. The van der Waals surface area contributed by atoms with Gasteiger partial charge in [0.2, 0.25) is 0 Å². The van der Waals surface area contributed by atoms with E-state index in [4.69, 9.17) is 11.6 Å². The molecular weight excluding hydrogens is 273 g/mol. The Kier molecular flexibility index (Phi) is 3.37. The van der Waals surface area contributed by atoms with Crippen LogP contribution in [-0.4, -0.2) is 4.57 Å². The van der Waals surface area contributed by atoms with E-state index in [2.05, 4.69) is 45.8 Å². The molecule has 0 radical (unpaired) electrons. The molecule has 0 saturated carbocycles. The first-order valence-corrected chi connectivity index (χ1v) is 6.33. The minimum absolute atomic E-state index is 0.820. The molecule has 0 aliphatic rings. The first-order chi connectivity index (χ1) is 7.22. The average Bonchev–Trinajstić information content (AvgIpc) is 2.58. The lowest BCUT2D eigenvalue weighted by molar-refractivity contribution is 0.650. The Labute approximate surface area is 103 Å². The van der Waals surface area contributed by atoms with Crippen LogP contribution in [0.3, 0.4) is 0 Å². The predicted molar refractivity (Wildman–Crippen MR) is 69.6 cm³/mol. The number of nitrogens with zero attached hydrogens (tertiary/aromatic N) is 1. The third-order valence-corrected chi connectivity index (χ3v) is 3.28. The number of aromatic nitrogens is 1. The van der Waals surface area contributed by atoms with Gasteiger partial charge in [-0.3, -0.25) is 0 Å². The van der Waals surface area contributed by atoms with Crippen LogP contribution in [0.5, 0.6) is 0 Å². The van der Waals surface area contributed by atoms with Gasteiger partial charge in [0.05, 0.1) is 10.5 Å². The number of hydrogen-bond donors (Lipinski definition) is 0. The lowest BCUT2D eigenvalue weighted by atomic mass is 10.2. The molecule has 15 heavy (non-hydrogen) atoms. The van der Waals surface area contributed by atoms with Crippen molar-refractivity contribution >= 4 is 38.4 Å². The van der Waals surface area contributed by atoms with E-state index in [-0.39, 0.29) is 0 Å². The quantitative estimate of drug-likeness (QED) is 0.759. The van der Waals surface area contributed by atoms with E-state index in [0.717, 1.165) is 21.6 Å². The first kappa shape index (κ1) is 11.0. The van der Waals surface area contributed by atoms with E-state index in [1.165, 1.54) is 18.2 Å². The van der Waals surface area contributed by atoms with E-state index < -0.39 is 0 Å². The van der Waals surface area contributed by atoms with Gasteiger partial charge in [0.1, 0.15) is 0 Å². The Balaban J connectivity index is 2.49. The van der Waals surface area contributed by atoms with E-state index in [1.807, 2.05) is 6.07 Å². The molecule has 1 nitrogen and oxygen atoms in total. The summed E-state index contributed by atoms with van der Waals surface area (Å²) in [7, 11) is 0. The summed E-state index contributed by atoms with van der Waals surface area (Å²) in [6, 6.07) is 6.16. The van der Waals surface area contributed by atoms with Crippen LogP contribution in [0.2, 0.25) is 5.02 Å². The highest BCUT2D eigenvalue weighted by molar-refractivity contribution is 9.10. The van der Waals surface area contributed by atoms with Crippen molar-refractivity contribution in [1.82, 2.24) is 4.57 Å². The van der Waals surface area contributed by atoms with Crippen LogP contribution in [0.15, 0.2) is 28.9 Å². The maximum Gasteiger partial charge on any atom is 0.0670 e. The van der Waals surface area contributed by atoms with Gasteiger partial charge in [-0.2, -0.15) is 0 Å². The Morgan fingerprint density at radius 3 is 2.93 bits per heavy atom. The molecule has 2 aromatic rings. The minimum Gasteiger partial charge on any atom is -0.346 e. The zero-order valence-corrected chi connectivity index (χ0v) is 11.0. The molecule has 0 amide bonds. The monoisotopic (exact) mass is 285 g/mol. The first-order valence-electron chi connectivity index (χ1n) is 5.16. The molecule has 0 fully saturated rings. The summed E-state index contributed by atoms with van der Waals surface area (Å²) in [6.07, 6.45) is 4.50. The number of hydrogen-bond acceptors (Lipinski definition) is 0. The maximum absolute atomic E-state index is 6.24. The smallest absolute Gasteiger partial charge is 0.0670 e. The number of halogens is 2. The summed E-state index contributed by atoms with van der Waals surface area (Å²) in [5.41, 5.74) is 1.15. The van der Waals surface area contributed by atoms with Gasteiger partial charge < -0.3 is 4.57 Å². The summed E-state index contributed by atoms with van der Waals surface area (Å²) in [5, 5.41) is 2.02.